The van der Waals surface area contributed by atoms with Gasteiger partial charge in [-0.1, -0.05) is 0 Å². The lowest BCUT2D eigenvalue weighted by molar-refractivity contribution is -0.384. The third-order valence-corrected chi connectivity index (χ3v) is 4.14. The molecular weight excluding hydrogens is 284 g/mol. The Bertz CT molecular complexity index is 690. The van der Waals surface area contributed by atoms with Crippen molar-refractivity contribution in [2.75, 3.05) is 23.7 Å². The molecule has 0 unspecified atom stereocenters. The Balaban J connectivity index is 1.77. The molecule has 1 aliphatic rings. The molecule has 3 heterocycles. The zero-order chi connectivity index (χ0) is 15.7. The van der Waals surface area contributed by atoms with Crippen LogP contribution in [0.25, 0.3) is 0 Å². The maximum Gasteiger partial charge on any atom is 0.314 e. The fourth-order valence-electron chi connectivity index (χ4n) is 2.96. The summed E-state index contributed by atoms with van der Waals surface area (Å²) in [5.74, 6) is 1.31. The minimum Gasteiger partial charge on any atom is -0.382 e. The molecule has 2 aromatic heterocycles. The molecule has 1 fully saturated rings. The number of nitrogens with zero attached hydrogens (tertiary/aromatic N) is 4. The van der Waals surface area contributed by atoms with Crippen LogP contribution in [0.5, 0.6) is 0 Å². The quantitative estimate of drug-likeness (QED) is 0.662. The number of pyridine rings is 1. The Labute approximate surface area is 127 Å². The van der Waals surface area contributed by atoms with E-state index in [1.165, 1.54) is 0 Å². The van der Waals surface area contributed by atoms with Crippen molar-refractivity contribution in [1.82, 2.24) is 15.2 Å². The van der Waals surface area contributed by atoms with Crippen molar-refractivity contribution in [2.45, 2.75) is 25.7 Å². The van der Waals surface area contributed by atoms with Gasteiger partial charge >= 0.3 is 5.69 Å². The minimum atomic E-state index is -0.348. The van der Waals surface area contributed by atoms with Gasteiger partial charge in [-0.2, -0.15) is 5.10 Å². The van der Waals surface area contributed by atoms with Gasteiger partial charge in [-0.25, -0.2) is 4.98 Å². The van der Waals surface area contributed by atoms with Gasteiger partial charge in [-0.15, -0.1) is 0 Å². The van der Waals surface area contributed by atoms with E-state index in [0.717, 1.165) is 31.6 Å². The Morgan fingerprint density at radius 2 is 2.18 bits per heavy atom. The van der Waals surface area contributed by atoms with Gasteiger partial charge in [0.25, 0.3) is 0 Å². The lowest BCUT2D eigenvalue weighted by atomic mass is 9.93. The fourth-order valence-corrected chi connectivity index (χ4v) is 2.96. The summed E-state index contributed by atoms with van der Waals surface area (Å²) in [4.78, 5) is 17.2. The van der Waals surface area contributed by atoms with Crippen LogP contribution in [0.1, 0.15) is 30.0 Å². The van der Waals surface area contributed by atoms with Crippen LogP contribution >= 0.6 is 0 Å². The first-order chi connectivity index (χ1) is 10.6. The molecule has 0 amide bonds. The summed E-state index contributed by atoms with van der Waals surface area (Å²) in [6.07, 6.45) is 3.39. The average molecular weight is 302 g/mol. The van der Waals surface area contributed by atoms with Crippen LogP contribution in [-0.4, -0.2) is 33.2 Å². The molecule has 0 radical (unpaired) electrons. The molecular formula is C14H18N6O2. The third kappa shape index (κ3) is 2.59. The molecule has 0 atom stereocenters. The van der Waals surface area contributed by atoms with Crippen LogP contribution in [0.3, 0.4) is 0 Å². The summed E-state index contributed by atoms with van der Waals surface area (Å²) < 4.78 is 0. The number of nitrogen functional groups attached to an aromatic ring is 1. The number of nitrogens with one attached hydrogen (secondary N) is 1. The number of aryl methyl sites for hydroxylation is 1. The highest BCUT2D eigenvalue weighted by Gasteiger charge is 2.28. The Kier molecular flexibility index (Phi) is 3.66. The molecule has 1 aliphatic heterocycles. The predicted octanol–water partition coefficient (Wildman–Crippen LogP) is 1.99. The van der Waals surface area contributed by atoms with Crippen molar-refractivity contribution in [1.29, 1.82) is 0 Å². The molecule has 116 valence electrons. The first kappa shape index (κ1) is 14.3. The van der Waals surface area contributed by atoms with Gasteiger partial charge in [-0.05, 0) is 25.8 Å². The van der Waals surface area contributed by atoms with Crippen molar-refractivity contribution in [3.63, 3.8) is 0 Å². The molecule has 8 nitrogen and oxygen atoms in total. The molecule has 0 aromatic carbocycles. The number of anilines is 2. The number of piperidine rings is 1. The second-order valence-electron chi connectivity index (χ2n) is 5.57. The maximum absolute atomic E-state index is 11.3. The second-order valence-corrected chi connectivity index (χ2v) is 5.57. The largest absolute Gasteiger partial charge is 0.382 e. The van der Waals surface area contributed by atoms with Crippen molar-refractivity contribution in [2.24, 2.45) is 0 Å². The van der Waals surface area contributed by atoms with Crippen molar-refractivity contribution in [3.8, 4) is 0 Å². The first-order valence-corrected chi connectivity index (χ1v) is 7.22. The molecule has 1 saturated heterocycles. The van der Waals surface area contributed by atoms with Crippen LogP contribution in [0.15, 0.2) is 18.3 Å². The van der Waals surface area contributed by atoms with Gasteiger partial charge < -0.3 is 10.6 Å². The number of nitrogens with two attached hydrogens (primary N) is 1. The number of hydrogen-bond donors (Lipinski definition) is 2. The zero-order valence-corrected chi connectivity index (χ0v) is 12.3. The van der Waals surface area contributed by atoms with Crippen LogP contribution in [0, 0.1) is 17.0 Å². The topological polar surface area (TPSA) is 114 Å². The summed E-state index contributed by atoms with van der Waals surface area (Å²) in [6, 6.07) is 3.52. The van der Waals surface area contributed by atoms with E-state index in [9.17, 15) is 10.1 Å². The van der Waals surface area contributed by atoms with E-state index in [1.54, 1.807) is 19.2 Å². The lowest BCUT2D eigenvalue weighted by Gasteiger charge is -2.32. The molecule has 2 aromatic rings. The van der Waals surface area contributed by atoms with E-state index < -0.39 is 0 Å². The Hall–Kier alpha value is -2.64. The number of H-pyrrole nitrogens is 1. The number of aromatic amines is 1. The molecule has 8 heteroatoms. The van der Waals surface area contributed by atoms with E-state index in [4.69, 9.17) is 5.73 Å². The number of rotatable bonds is 3. The second kappa shape index (κ2) is 5.63. The van der Waals surface area contributed by atoms with Crippen molar-refractivity contribution < 1.29 is 4.92 Å². The molecule has 0 spiro atoms. The standard InChI is InChI=1S/C14H18N6O2/c1-9-2-5-16-14(13(9)20(21)22)19-6-3-10(4-7-19)11-8-12(15)18-17-11/h2,5,8,10H,3-4,6-7H2,1H3,(H3,15,17,18). The van der Waals surface area contributed by atoms with E-state index in [-0.39, 0.29) is 10.6 Å². The summed E-state index contributed by atoms with van der Waals surface area (Å²) in [7, 11) is 0. The van der Waals surface area contributed by atoms with Gasteiger partial charge in [0.2, 0.25) is 5.82 Å². The minimum absolute atomic E-state index is 0.103. The lowest BCUT2D eigenvalue weighted by Crippen LogP contribution is -2.34. The van der Waals surface area contributed by atoms with Crippen LogP contribution in [0.4, 0.5) is 17.3 Å². The van der Waals surface area contributed by atoms with Gasteiger partial charge in [0.15, 0.2) is 0 Å². The first-order valence-electron chi connectivity index (χ1n) is 7.22. The van der Waals surface area contributed by atoms with Gasteiger partial charge in [0.05, 0.1) is 4.92 Å². The summed E-state index contributed by atoms with van der Waals surface area (Å²) in [6.45, 7) is 3.19. The normalized spacial score (nSPS) is 16.0. The highest BCUT2D eigenvalue weighted by molar-refractivity contribution is 5.61. The van der Waals surface area contributed by atoms with Crippen LogP contribution < -0.4 is 10.6 Å². The van der Waals surface area contributed by atoms with E-state index >= 15 is 0 Å². The summed E-state index contributed by atoms with van der Waals surface area (Å²) in [5, 5.41) is 18.2. The molecule has 0 bridgehead atoms. The summed E-state index contributed by atoms with van der Waals surface area (Å²) in [5.41, 5.74) is 7.41. The molecule has 3 N–H and O–H groups in total. The molecule has 22 heavy (non-hydrogen) atoms. The molecule has 0 saturated carbocycles. The highest BCUT2D eigenvalue weighted by atomic mass is 16.6. The van der Waals surface area contributed by atoms with Gasteiger partial charge in [0.1, 0.15) is 5.82 Å². The Morgan fingerprint density at radius 1 is 1.45 bits per heavy atom. The molecule has 3 rings (SSSR count). The summed E-state index contributed by atoms with van der Waals surface area (Å²) >= 11 is 0. The Morgan fingerprint density at radius 3 is 2.77 bits per heavy atom. The van der Waals surface area contributed by atoms with Gasteiger partial charge in [-0.3, -0.25) is 15.2 Å². The van der Waals surface area contributed by atoms with E-state index in [2.05, 4.69) is 15.2 Å². The van der Waals surface area contributed by atoms with E-state index in [0.29, 0.717) is 23.1 Å². The predicted molar refractivity (Wildman–Crippen MR) is 82.8 cm³/mol. The number of nitro groups is 1. The number of hydrogen-bond acceptors (Lipinski definition) is 6. The third-order valence-electron chi connectivity index (χ3n) is 4.14. The molecule has 0 aliphatic carbocycles. The zero-order valence-electron chi connectivity index (χ0n) is 12.3. The smallest absolute Gasteiger partial charge is 0.314 e. The fraction of sp³-hybridized carbons (Fsp3) is 0.429. The SMILES string of the molecule is Cc1ccnc(N2CCC(c3cc(N)n[nH]3)CC2)c1[N+](=O)[O-]. The maximum atomic E-state index is 11.3. The van der Waals surface area contributed by atoms with Crippen molar-refractivity contribution >= 4 is 17.3 Å². The average Bonchev–Trinajstić information content (AvgIpc) is 2.93. The van der Waals surface area contributed by atoms with E-state index in [1.807, 2.05) is 11.0 Å². The monoisotopic (exact) mass is 302 g/mol. The highest BCUT2D eigenvalue weighted by Crippen LogP contribution is 2.34. The van der Waals surface area contributed by atoms with Crippen LogP contribution in [0.2, 0.25) is 0 Å². The van der Waals surface area contributed by atoms with Crippen LogP contribution in [-0.2, 0) is 0 Å². The van der Waals surface area contributed by atoms with Crippen molar-refractivity contribution in [3.05, 3.63) is 39.7 Å². The number of aromatic nitrogens is 3. The van der Waals surface area contributed by atoms with Gasteiger partial charge in [0, 0.05) is 42.5 Å².